The third-order valence-electron chi connectivity index (χ3n) is 5.29. The number of imide groups is 1. The molecule has 1 aliphatic rings. The Balaban J connectivity index is 1.69. The van der Waals surface area contributed by atoms with E-state index < -0.39 is 35.5 Å². The lowest BCUT2D eigenvalue weighted by atomic mass is 10.2. The van der Waals surface area contributed by atoms with Crippen molar-refractivity contribution in [2.45, 2.75) is 26.7 Å². The number of nitrogens with zero attached hydrogens (tertiary/aromatic N) is 1. The summed E-state index contributed by atoms with van der Waals surface area (Å²) < 4.78 is 16.3. The first-order chi connectivity index (χ1) is 19.1. The van der Waals surface area contributed by atoms with Crippen LogP contribution in [0.1, 0.15) is 42.6 Å². The van der Waals surface area contributed by atoms with E-state index in [1.807, 2.05) is 6.92 Å². The van der Waals surface area contributed by atoms with Gasteiger partial charge in [0.1, 0.15) is 12.3 Å². The SMILES string of the molecule is CCCCOC(=O)c1cc(NC(=O)CN2C(=O)S/C(=C/c3cc(Br)ccc3OCC(=O)OCC)C2=O)ccc1Cl. The number of hydrogen-bond acceptors (Lipinski definition) is 9. The quantitative estimate of drug-likeness (QED) is 0.175. The standard InChI is InChI=1S/C27H26BrClN2O8S/c1-3-5-10-38-26(35)19-13-18(7-8-20(19)29)30-23(32)14-31-25(34)22(40-27(31)36)12-16-11-17(28)6-9-21(16)39-15-24(33)37-4-2/h6-9,11-13H,3-5,10,14-15H2,1-2H3,(H,30,32)/b22-12+. The third kappa shape index (κ3) is 8.57. The van der Waals surface area contributed by atoms with Crippen molar-refractivity contribution in [1.82, 2.24) is 4.90 Å². The second-order valence-electron chi connectivity index (χ2n) is 8.28. The minimum atomic E-state index is -0.669. The average Bonchev–Trinajstić information content (AvgIpc) is 3.16. The molecule has 1 aliphatic heterocycles. The maximum absolute atomic E-state index is 13.0. The van der Waals surface area contributed by atoms with E-state index >= 15 is 0 Å². The second-order valence-corrected chi connectivity index (χ2v) is 10.6. The third-order valence-corrected chi connectivity index (χ3v) is 7.02. The van der Waals surface area contributed by atoms with Crippen LogP contribution < -0.4 is 10.1 Å². The fraction of sp³-hybridized carbons (Fsp3) is 0.296. The number of halogens is 2. The van der Waals surface area contributed by atoms with Crippen LogP contribution in [0.4, 0.5) is 10.5 Å². The summed E-state index contributed by atoms with van der Waals surface area (Å²) in [5, 5.41) is 2.10. The molecule has 2 aromatic carbocycles. The molecule has 0 aromatic heterocycles. The number of anilines is 1. The molecule has 13 heteroatoms. The van der Waals surface area contributed by atoms with E-state index in [4.69, 9.17) is 25.8 Å². The Labute approximate surface area is 248 Å². The van der Waals surface area contributed by atoms with E-state index in [-0.39, 0.29) is 41.0 Å². The van der Waals surface area contributed by atoms with Gasteiger partial charge in [0, 0.05) is 15.7 Å². The summed E-state index contributed by atoms with van der Waals surface area (Å²) in [6, 6.07) is 9.26. The van der Waals surface area contributed by atoms with E-state index in [1.165, 1.54) is 24.3 Å². The van der Waals surface area contributed by atoms with E-state index in [0.29, 0.717) is 34.0 Å². The van der Waals surface area contributed by atoms with Crippen LogP contribution in [-0.4, -0.2) is 60.3 Å². The molecular weight excluding hydrogens is 628 g/mol. The predicted octanol–water partition coefficient (Wildman–Crippen LogP) is 5.68. The van der Waals surface area contributed by atoms with Gasteiger partial charge in [-0.3, -0.25) is 19.3 Å². The highest BCUT2D eigenvalue weighted by molar-refractivity contribution is 9.10. The van der Waals surface area contributed by atoms with E-state index in [2.05, 4.69) is 21.2 Å². The highest BCUT2D eigenvalue weighted by atomic mass is 79.9. The Morgan fingerprint density at radius 1 is 1.10 bits per heavy atom. The normalized spacial score (nSPS) is 13.9. The highest BCUT2D eigenvalue weighted by Crippen LogP contribution is 2.35. The maximum Gasteiger partial charge on any atom is 0.344 e. The second kappa shape index (κ2) is 14.9. The molecule has 1 N–H and O–H groups in total. The molecule has 1 saturated heterocycles. The van der Waals surface area contributed by atoms with Gasteiger partial charge in [0.15, 0.2) is 6.61 Å². The number of amides is 3. The molecular formula is C27H26BrClN2O8S. The van der Waals surface area contributed by atoms with Crippen molar-refractivity contribution in [3.05, 3.63) is 61.9 Å². The van der Waals surface area contributed by atoms with Crippen molar-refractivity contribution >= 4 is 80.0 Å². The number of esters is 2. The maximum atomic E-state index is 13.0. The minimum absolute atomic E-state index is 0.0699. The van der Waals surface area contributed by atoms with Crippen molar-refractivity contribution in [3.63, 3.8) is 0 Å². The fourth-order valence-electron chi connectivity index (χ4n) is 3.37. The molecule has 0 aliphatic carbocycles. The van der Waals surface area contributed by atoms with Gasteiger partial charge < -0.3 is 19.5 Å². The predicted molar refractivity (Wildman–Crippen MR) is 154 cm³/mol. The van der Waals surface area contributed by atoms with Crippen molar-refractivity contribution < 1.29 is 38.2 Å². The summed E-state index contributed by atoms with van der Waals surface area (Å²) in [5.41, 5.74) is 0.768. The number of carbonyl (C=O) groups excluding carboxylic acids is 5. The summed E-state index contributed by atoms with van der Waals surface area (Å²) in [4.78, 5) is 63.2. The number of thioether (sulfide) groups is 1. The minimum Gasteiger partial charge on any atom is -0.481 e. The first kappa shape index (κ1) is 31.2. The summed E-state index contributed by atoms with van der Waals surface area (Å²) in [5.74, 6) is -2.20. The number of carbonyl (C=O) groups is 5. The molecule has 1 fully saturated rings. The first-order valence-electron chi connectivity index (χ1n) is 12.2. The van der Waals surface area contributed by atoms with Crippen molar-refractivity contribution in [3.8, 4) is 5.75 Å². The molecule has 0 unspecified atom stereocenters. The molecule has 0 spiro atoms. The van der Waals surface area contributed by atoms with Crippen molar-refractivity contribution in [2.24, 2.45) is 0 Å². The fourth-order valence-corrected chi connectivity index (χ4v) is 4.77. The molecule has 3 amide bonds. The monoisotopic (exact) mass is 652 g/mol. The van der Waals surface area contributed by atoms with E-state index in [1.54, 1.807) is 25.1 Å². The summed E-state index contributed by atoms with van der Waals surface area (Å²) in [6.07, 6.45) is 3.01. The lowest BCUT2D eigenvalue weighted by molar-refractivity contribution is -0.145. The van der Waals surface area contributed by atoms with Crippen LogP contribution in [0.2, 0.25) is 5.02 Å². The molecule has 0 saturated carbocycles. The Kier molecular flexibility index (Phi) is 11.6. The first-order valence-corrected chi connectivity index (χ1v) is 14.2. The van der Waals surface area contributed by atoms with Gasteiger partial charge in [-0.25, -0.2) is 9.59 Å². The number of benzene rings is 2. The van der Waals surface area contributed by atoms with Crippen LogP contribution in [0, 0.1) is 0 Å². The average molecular weight is 654 g/mol. The molecule has 0 bridgehead atoms. The lowest BCUT2D eigenvalue weighted by Crippen LogP contribution is -2.36. The van der Waals surface area contributed by atoms with Crippen LogP contribution in [0.3, 0.4) is 0 Å². The number of rotatable bonds is 12. The molecule has 0 atom stereocenters. The van der Waals surface area contributed by atoms with Gasteiger partial charge in [0.25, 0.3) is 11.1 Å². The van der Waals surface area contributed by atoms with Crippen molar-refractivity contribution in [2.75, 3.05) is 31.7 Å². The van der Waals surface area contributed by atoms with Gasteiger partial charge in [-0.15, -0.1) is 0 Å². The Morgan fingerprint density at radius 3 is 2.60 bits per heavy atom. The highest BCUT2D eigenvalue weighted by Gasteiger charge is 2.36. The zero-order valence-corrected chi connectivity index (χ0v) is 24.8. The zero-order valence-electron chi connectivity index (χ0n) is 21.7. The van der Waals surface area contributed by atoms with Crippen molar-refractivity contribution in [1.29, 1.82) is 0 Å². The summed E-state index contributed by atoms with van der Waals surface area (Å²) in [7, 11) is 0. The largest absolute Gasteiger partial charge is 0.481 e. The summed E-state index contributed by atoms with van der Waals surface area (Å²) >= 11 is 10.1. The van der Waals surface area contributed by atoms with Crippen LogP contribution in [0.15, 0.2) is 45.8 Å². The number of unbranched alkanes of at least 4 members (excludes halogenated alkanes) is 1. The van der Waals surface area contributed by atoms with Gasteiger partial charge in [-0.05, 0) is 67.6 Å². The Bertz CT molecular complexity index is 1350. The lowest BCUT2D eigenvalue weighted by Gasteiger charge is -2.13. The Morgan fingerprint density at radius 2 is 1.88 bits per heavy atom. The van der Waals surface area contributed by atoms with Gasteiger partial charge in [-0.1, -0.05) is 40.9 Å². The molecule has 1 heterocycles. The molecule has 2 aromatic rings. The number of nitrogens with one attached hydrogen (secondary N) is 1. The number of hydrogen-bond donors (Lipinski definition) is 1. The van der Waals surface area contributed by atoms with Gasteiger partial charge >= 0.3 is 11.9 Å². The Hall–Kier alpha value is -3.35. The topological polar surface area (TPSA) is 128 Å². The van der Waals surface area contributed by atoms with E-state index in [9.17, 15) is 24.0 Å². The van der Waals surface area contributed by atoms with Crippen LogP contribution in [-0.2, 0) is 23.9 Å². The van der Waals surface area contributed by atoms with Gasteiger partial charge in [0.05, 0.1) is 28.7 Å². The molecule has 40 heavy (non-hydrogen) atoms. The van der Waals surface area contributed by atoms with Crippen LogP contribution in [0.5, 0.6) is 5.75 Å². The van der Waals surface area contributed by atoms with Gasteiger partial charge in [0.2, 0.25) is 5.91 Å². The van der Waals surface area contributed by atoms with Gasteiger partial charge in [-0.2, -0.15) is 0 Å². The molecule has 212 valence electrons. The number of ether oxygens (including phenoxy) is 3. The van der Waals surface area contributed by atoms with Crippen LogP contribution in [0.25, 0.3) is 6.08 Å². The van der Waals surface area contributed by atoms with E-state index in [0.717, 1.165) is 11.3 Å². The van der Waals surface area contributed by atoms with Crippen LogP contribution >= 0.6 is 39.3 Å². The molecule has 3 rings (SSSR count). The smallest absolute Gasteiger partial charge is 0.344 e. The molecule has 10 nitrogen and oxygen atoms in total. The molecule has 0 radical (unpaired) electrons. The summed E-state index contributed by atoms with van der Waals surface area (Å²) in [6.45, 7) is 3.21. The zero-order chi connectivity index (χ0) is 29.2.